The van der Waals surface area contributed by atoms with Gasteiger partial charge in [0.25, 0.3) is 0 Å². The van der Waals surface area contributed by atoms with Crippen molar-refractivity contribution in [1.29, 1.82) is 0 Å². The molecule has 0 aliphatic heterocycles. The molecule has 0 radical (unpaired) electrons. The van der Waals surface area contributed by atoms with E-state index in [1.165, 1.54) is 19.4 Å². The van der Waals surface area contributed by atoms with Crippen LogP contribution < -0.4 is 11.4 Å². The van der Waals surface area contributed by atoms with Crippen molar-refractivity contribution in [2.75, 3.05) is 32.4 Å². The number of methoxy groups -OCH3 is 1. The van der Waals surface area contributed by atoms with E-state index in [1.54, 1.807) is 13.8 Å². The van der Waals surface area contributed by atoms with Crippen molar-refractivity contribution in [1.82, 2.24) is 9.55 Å². The molecule has 1 aromatic heterocycles. The zero-order valence-electron chi connectivity index (χ0n) is 12.2. The molecule has 9 nitrogen and oxygen atoms in total. The number of nitrogens with two attached hydrogens (primary N) is 1. The molecule has 1 aromatic rings. The molecule has 0 aromatic carbocycles. The molecule has 1 heterocycles. The van der Waals surface area contributed by atoms with E-state index in [4.69, 9.17) is 24.3 Å². The van der Waals surface area contributed by atoms with Crippen LogP contribution in [0.15, 0.2) is 17.1 Å². The van der Waals surface area contributed by atoms with E-state index in [2.05, 4.69) is 4.98 Å². The van der Waals surface area contributed by atoms with Crippen LogP contribution in [0.4, 0.5) is 5.82 Å². The van der Waals surface area contributed by atoms with Crippen LogP contribution in [0.3, 0.4) is 0 Å². The minimum atomic E-state index is -3.39. The van der Waals surface area contributed by atoms with Gasteiger partial charge in [0.05, 0.1) is 13.2 Å². The number of hydrogen-bond donors (Lipinski definition) is 1. The summed E-state index contributed by atoms with van der Waals surface area (Å²) in [6, 6.07) is 1.42. The summed E-state index contributed by atoms with van der Waals surface area (Å²) < 4.78 is 33.8. The fraction of sp³-hybridized carbons (Fsp3) is 0.636. The second-order valence-corrected chi connectivity index (χ2v) is 5.82. The minimum absolute atomic E-state index is 0.0837. The Bertz CT molecular complexity index is 539. The van der Waals surface area contributed by atoms with Gasteiger partial charge in [0.2, 0.25) is 6.41 Å². The first-order valence-electron chi connectivity index (χ1n) is 6.33. The van der Waals surface area contributed by atoms with Gasteiger partial charge in [-0.25, -0.2) is 9.36 Å². The topological polar surface area (TPSA) is 115 Å². The van der Waals surface area contributed by atoms with Gasteiger partial charge in [-0.1, -0.05) is 0 Å². The molecule has 0 saturated heterocycles. The Morgan fingerprint density at radius 2 is 2.00 bits per heavy atom. The molecule has 21 heavy (non-hydrogen) atoms. The number of anilines is 1. The molecule has 10 heteroatoms. The normalized spacial score (nSPS) is 13.3. The Balaban J connectivity index is 2.82. The van der Waals surface area contributed by atoms with E-state index in [1.807, 2.05) is 0 Å². The molecule has 0 spiro atoms. The predicted molar refractivity (Wildman–Crippen MR) is 75.8 cm³/mol. The Hall–Kier alpha value is -1.25. The summed E-state index contributed by atoms with van der Waals surface area (Å²) in [7, 11) is -2.06. The number of aromatic nitrogens is 2. The molecule has 120 valence electrons. The highest BCUT2D eigenvalue weighted by Crippen LogP contribution is 2.48. The summed E-state index contributed by atoms with van der Waals surface area (Å²) >= 11 is 0. The Morgan fingerprint density at radius 3 is 2.48 bits per heavy atom. The molecular formula is C11H20N3O6P. The Kier molecular flexibility index (Phi) is 7.00. The van der Waals surface area contributed by atoms with Crippen molar-refractivity contribution >= 4 is 13.4 Å². The molecule has 0 saturated carbocycles. The second-order valence-electron chi connectivity index (χ2n) is 3.83. The summed E-state index contributed by atoms with van der Waals surface area (Å²) in [5.74, 6) is 0.0837. The lowest BCUT2D eigenvalue weighted by Crippen LogP contribution is -2.30. The van der Waals surface area contributed by atoms with Gasteiger partial charge in [0, 0.05) is 13.3 Å². The molecule has 1 unspecified atom stereocenters. The monoisotopic (exact) mass is 321 g/mol. The van der Waals surface area contributed by atoms with Crippen LogP contribution in [-0.2, 0) is 23.1 Å². The van der Waals surface area contributed by atoms with E-state index in [-0.39, 0.29) is 25.4 Å². The van der Waals surface area contributed by atoms with Crippen LogP contribution in [0.5, 0.6) is 0 Å². The van der Waals surface area contributed by atoms with E-state index in [0.29, 0.717) is 0 Å². The molecule has 0 aliphatic rings. The van der Waals surface area contributed by atoms with E-state index in [0.717, 1.165) is 4.57 Å². The van der Waals surface area contributed by atoms with Crippen LogP contribution in [0, 0.1) is 0 Å². The van der Waals surface area contributed by atoms with E-state index < -0.39 is 19.7 Å². The largest absolute Gasteiger partial charge is 0.383 e. The summed E-state index contributed by atoms with van der Waals surface area (Å²) in [6.07, 6.45) is -0.102. The number of ether oxygens (including phenoxy) is 2. The summed E-state index contributed by atoms with van der Waals surface area (Å²) in [5.41, 5.74) is 4.75. The van der Waals surface area contributed by atoms with Gasteiger partial charge in [-0.15, -0.1) is 0 Å². The predicted octanol–water partition coefficient (Wildman–Crippen LogP) is 1.17. The number of rotatable bonds is 9. The smallest absolute Gasteiger partial charge is 0.356 e. The number of nitrogens with zero attached hydrogens (tertiary/aromatic N) is 2. The van der Waals surface area contributed by atoms with Crippen LogP contribution >= 0.6 is 7.60 Å². The lowest BCUT2D eigenvalue weighted by molar-refractivity contribution is -0.167. The first-order chi connectivity index (χ1) is 9.95. The highest BCUT2D eigenvalue weighted by atomic mass is 31.2. The molecular weight excluding hydrogens is 301 g/mol. The van der Waals surface area contributed by atoms with Crippen molar-refractivity contribution in [3.63, 3.8) is 0 Å². The molecule has 0 bridgehead atoms. The van der Waals surface area contributed by atoms with Gasteiger partial charge in [-0.2, -0.15) is 4.98 Å². The maximum atomic E-state index is 12.3. The van der Waals surface area contributed by atoms with Crippen LogP contribution in [0.25, 0.3) is 0 Å². The fourth-order valence-corrected chi connectivity index (χ4v) is 2.83. The lowest BCUT2D eigenvalue weighted by Gasteiger charge is -2.22. The first-order valence-corrected chi connectivity index (χ1v) is 8.05. The van der Waals surface area contributed by atoms with Crippen molar-refractivity contribution in [3.05, 3.63) is 22.7 Å². The molecule has 0 amide bonds. The molecule has 1 atom stereocenters. The van der Waals surface area contributed by atoms with Gasteiger partial charge in [-0.3, -0.25) is 4.57 Å². The average Bonchev–Trinajstić information content (AvgIpc) is 2.42. The maximum Gasteiger partial charge on any atom is 0.356 e. The third-order valence-corrected chi connectivity index (χ3v) is 4.08. The minimum Gasteiger partial charge on any atom is -0.383 e. The fourth-order valence-electron chi connectivity index (χ4n) is 1.51. The zero-order chi connectivity index (χ0) is 15.9. The van der Waals surface area contributed by atoms with Gasteiger partial charge in [-0.05, 0) is 19.9 Å². The van der Waals surface area contributed by atoms with Crippen LogP contribution in [0.2, 0.25) is 0 Å². The summed E-state index contributed by atoms with van der Waals surface area (Å²) in [4.78, 5) is 15.2. The van der Waals surface area contributed by atoms with Crippen molar-refractivity contribution in [2.24, 2.45) is 0 Å². The SMILES string of the molecule is CCOP(=O)(COC(OC)n1ccc(N)nc1=O)OCC. The maximum absolute atomic E-state index is 12.3. The highest BCUT2D eigenvalue weighted by molar-refractivity contribution is 7.53. The summed E-state index contributed by atoms with van der Waals surface area (Å²) in [5, 5.41) is 0. The Labute approximate surface area is 122 Å². The highest BCUT2D eigenvalue weighted by Gasteiger charge is 2.26. The summed E-state index contributed by atoms with van der Waals surface area (Å²) in [6.45, 7) is 3.80. The third-order valence-electron chi connectivity index (χ3n) is 2.31. The Morgan fingerprint density at radius 1 is 1.38 bits per heavy atom. The van der Waals surface area contributed by atoms with Gasteiger partial charge in [0.1, 0.15) is 5.82 Å². The van der Waals surface area contributed by atoms with E-state index >= 15 is 0 Å². The standard InChI is InChI=1S/C11H20N3O6P/c1-4-19-21(16,20-5-2)8-18-11(17-3)14-7-6-9(12)13-10(14)15/h6-7,11H,4-5,8H2,1-3H3,(H2,12,13,15). The lowest BCUT2D eigenvalue weighted by atomic mass is 10.6. The van der Waals surface area contributed by atoms with Crippen molar-refractivity contribution < 1.29 is 23.1 Å². The molecule has 2 N–H and O–H groups in total. The molecule has 0 fully saturated rings. The van der Waals surface area contributed by atoms with Gasteiger partial charge in [0.15, 0.2) is 6.35 Å². The van der Waals surface area contributed by atoms with Crippen molar-refractivity contribution in [3.8, 4) is 0 Å². The van der Waals surface area contributed by atoms with Gasteiger partial charge < -0.3 is 24.3 Å². The molecule has 1 rings (SSSR count). The van der Waals surface area contributed by atoms with Crippen LogP contribution in [0.1, 0.15) is 20.3 Å². The third kappa shape index (κ3) is 5.22. The first kappa shape index (κ1) is 17.8. The zero-order valence-corrected chi connectivity index (χ0v) is 13.1. The van der Waals surface area contributed by atoms with Crippen LogP contribution in [-0.4, -0.2) is 36.2 Å². The second kappa shape index (κ2) is 8.26. The number of nitrogen functional groups attached to an aromatic ring is 1. The average molecular weight is 321 g/mol. The van der Waals surface area contributed by atoms with Gasteiger partial charge >= 0.3 is 13.3 Å². The van der Waals surface area contributed by atoms with E-state index in [9.17, 15) is 9.36 Å². The quantitative estimate of drug-likeness (QED) is 0.532. The molecule has 0 aliphatic carbocycles. The van der Waals surface area contributed by atoms with Crippen molar-refractivity contribution in [2.45, 2.75) is 20.3 Å². The number of hydrogen-bond acceptors (Lipinski definition) is 8.